The lowest BCUT2D eigenvalue weighted by Gasteiger charge is -2.16. The van der Waals surface area contributed by atoms with Gasteiger partial charge in [0.15, 0.2) is 0 Å². The Morgan fingerprint density at radius 2 is 2.00 bits per heavy atom. The summed E-state index contributed by atoms with van der Waals surface area (Å²) in [5.41, 5.74) is 1.64. The molecule has 1 amide bonds. The third-order valence-electron chi connectivity index (χ3n) is 3.01. The van der Waals surface area contributed by atoms with Crippen molar-refractivity contribution in [3.05, 3.63) is 30.6 Å². The molecule has 6 heteroatoms. The van der Waals surface area contributed by atoms with Gasteiger partial charge in [-0.05, 0) is 26.0 Å². The van der Waals surface area contributed by atoms with Crippen LogP contribution in [0.5, 0.6) is 0 Å². The fourth-order valence-electron chi connectivity index (χ4n) is 1.81. The molecule has 2 atom stereocenters. The third kappa shape index (κ3) is 2.57. The Kier molecular flexibility index (Phi) is 3.50. The predicted molar refractivity (Wildman–Crippen MR) is 69.7 cm³/mol. The molecule has 1 aromatic heterocycles. The van der Waals surface area contributed by atoms with Crippen molar-refractivity contribution in [2.24, 2.45) is 0 Å². The molecule has 0 saturated carbocycles. The molecule has 6 nitrogen and oxygen atoms in total. The highest BCUT2D eigenvalue weighted by atomic mass is 16.4. The molecule has 2 aromatic rings. The van der Waals surface area contributed by atoms with Crippen LogP contribution in [0.25, 0.3) is 11.0 Å². The molecule has 100 valence electrons. The number of carboxylic acid groups (broad SMARTS) is 1. The Hall–Kier alpha value is -2.37. The number of imidazole rings is 1. The number of hydrogen-bond donors (Lipinski definition) is 2. The number of hydrogen-bond acceptors (Lipinski definition) is 3. The van der Waals surface area contributed by atoms with E-state index >= 15 is 0 Å². The molecular formula is C13H15N3O3. The van der Waals surface area contributed by atoms with E-state index in [0.717, 1.165) is 11.0 Å². The van der Waals surface area contributed by atoms with Gasteiger partial charge < -0.3 is 15.0 Å². The van der Waals surface area contributed by atoms with Crippen LogP contribution in [0.15, 0.2) is 30.6 Å². The molecule has 2 rings (SSSR count). The van der Waals surface area contributed by atoms with E-state index in [4.69, 9.17) is 5.11 Å². The van der Waals surface area contributed by atoms with E-state index < -0.39 is 18.1 Å². The first kappa shape index (κ1) is 13.1. The Labute approximate surface area is 110 Å². The van der Waals surface area contributed by atoms with Crippen molar-refractivity contribution in [1.82, 2.24) is 14.9 Å². The van der Waals surface area contributed by atoms with Crippen LogP contribution in [0.1, 0.15) is 19.9 Å². The molecule has 19 heavy (non-hydrogen) atoms. The number of nitrogens with zero attached hydrogens (tertiary/aromatic N) is 2. The predicted octanol–water partition coefficient (Wildman–Crippen LogP) is 1.19. The molecule has 0 radical (unpaired) electrons. The number of para-hydroxylation sites is 2. The van der Waals surface area contributed by atoms with Gasteiger partial charge in [0, 0.05) is 0 Å². The Balaban J connectivity index is 2.22. The van der Waals surface area contributed by atoms with Gasteiger partial charge in [0.2, 0.25) is 5.91 Å². The molecule has 0 fully saturated rings. The van der Waals surface area contributed by atoms with Crippen LogP contribution in [0.2, 0.25) is 0 Å². The van der Waals surface area contributed by atoms with Crippen LogP contribution < -0.4 is 5.32 Å². The second-order valence-corrected chi connectivity index (χ2v) is 4.39. The van der Waals surface area contributed by atoms with Crippen LogP contribution in [0.4, 0.5) is 0 Å². The molecule has 0 saturated heterocycles. The van der Waals surface area contributed by atoms with E-state index in [0.29, 0.717) is 0 Å². The standard InChI is InChI=1S/C13H15N3O3/c1-8(13(18)19)15-12(17)9(2)16-7-14-10-5-3-4-6-11(10)16/h3-9H,1-2H3,(H,15,17)(H,18,19). The molecule has 0 aliphatic carbocycles. The maximum atomic E-state index is 12.0. The zero-order valence-corrected chi connectivity index (χ0v) is 10.7. The van der Waals surface area contributed by atoms with E-state index in [1.54, 1.807) is 17.8 Å². The van der Waals surface area contributed by atoms with Gasteiger partial charge in [0.25, 0.3) is 0 Å². The monoisotopic (exact) mass is 261 g/mol. The number of benzene rings is 1. The van der Waals surface area contributed by atoms with Crippen molar-refractivity contribution in [3.63, 3.8) is 0 Å². The van der Waals surface area contributed by atoms with Crippen LogP contribution in [0, 0.1) is 0 Å². The van der Waals surface area contributed by atoms with Crippen molar-refractivity contribution in [3.8, 4) is 0 Å². The first-order chi connectivity index (χ1) is 9.00. The highest BCUT2D eigenvalue weighted by Gasteiger charge is 2.21. The molecular weight excluding hydrogens is 246 g/mol. The third-order valence-corrected chi connectivity index (χ3v) is 3.01. The van der Waals surface area contributed by atoms with Gasteiger partial charge in [0.1, 0.15) is 12.1 Å². The number of carbonyl (C=O) groups excluding carboxylic acids is 1. The van der Waals surface area contributed by atoms with Crippen molar-refractivity contribution in [2.75, 3.05) is 0 Å². The van der Waals surface area contributed by atoms with Gasteiger partial charge in [-0.1, -0.05) is 12.1 Å². The SMILES string of the molecule is CC(NC(=O)C(C)n1cnc2ccccc21)C(=O)O. The number of rotatable bonds is 4. The lowest BCUT2D eigenvalue weighted by molar-refractivity contribution is -0.141. The number of nitrogens with one attached hydrogen (secondary N) is 1. The number of carbonyl (C=O) groups is 2. The summed E-state index contributed by atoms with van der Waals surface area (Å²) in [5, 5.41) is 11.2. The van der Waals surface area contributed by atoms with Gasteiger partial charge in [-0.2, -0.15) is 0 Å². The second-order valence-electron chi connectivity index (χ2n) is 4.39. The number of amides is 1. The topological polar surface area (TPSA) is 84.2 Å². The Morgan fingerprint density at radius 1 is 1.32 bits per heavy atom. The first-order valence-electron chi connectivity index (χ1n) is 5.95. The summed E-state index contributed by atoms with van der Waals surface area (Å²) in [5.74, 6) is -1.41. The van der Waals surface area contributed by atoms with Gasteiger partial charge in [-0.15, -0.1) is 0 Å². The first-order valence-corrected chi connectivity index (χ1v) is 5.95. The summed E-state index contributed by atoms with van der Waals surface area (Å²) in [6.07, 6.45) is 1.58. The average Bonchev–Trinajstić information content (AvgIpc) is 2.81. The Morgan fingerprint density at radius 3 is 2.68 bits per heavy atom. The summed E-state index contributed by atoms with van der Waals surface area (Å²) in [7, 11) is 0. The summed E-state index contributed by atoms with van der Waals surface area (Å²) >= 11 is 0. The summed E-state index contributed by atoms with van der Waals surface area (Å²) in [4.78, 5) is 26.9. The quantitative estimate of drug-likeness (QED) is 0.865. The van der Waals surface area contributed by atoms with Crippen molar-refractivity contribution < 1.29 is 14.7 Å². The zero-order valence-electron chi connectivity index (χ0n) is 10.7. The lowest BCUT2D eigenvalue weighted by Crippen LogP contribution is -2.41. The lowest BCUT2D eigenvalue weighted by atomic mass is 10.2. The number of carboxylic acids is 1. The number of fused-ring (bicyclic) bond motifs is 1. The smallest absolute Gasteiger partial charge is 0.325 e. The molecule has 2 N–H and O–H groups in total. The Bertz CT molecular complexity index is 620. The van der Waals surface area contributed by atoms with E-state index in [1.807, 2.05) is 24.3 Å². The van der Waals surface area contributed by atoms with Crippen LogP contribution >= 0.6 is 0 Å². The minimum Gasteiger partial charge on any atom is -0.480 e. The average molecular weight is 261 g/mol. The summed E-state index contributed by atoms with van der Waals surface area (Å²) < 4.78 is 1.72. The van der Waals surface area contributed by atoms with Gasteiger partial charge in [0.05, 0.1) is 17.4 Å². The second kappa shape index (κ2) is 5.09. The fourth-order valence-corrected chi connectivity index (χ4v) is 1.81. The molecule has 1 aromatic carbocycles. The molecule has 2 unspecified atom stereocenters. The van der Waals surface area contributed by atoms with Gasteiger partial charge >= 0.3 is 5.97 Å². The maximum Gasteiger partial charge on any atom is 0.325 e. The van der Waals surface area contributed by atoms with Gasteiger partial charge in [-0.25, -0.2) is 4.98 Å². The number of aliphatic carboxylic acids is 1. The number of aromatic nitrogens is 2. The minimum absolute atomic E-state index is 0.349. The van der Waals surface area contributed by atoms with Crippen LogP contribution in [-0.2, 0) is 9.59 Å². The van der Waals surface area contributed by atoms with E-state index in [2.05, 4.69) is 10.3 Å². The highest BCUT2D eigenvalue weighted by molar-refractivity contribution is 5.87. The van der Waals surface area contributed by atoms with E-state index in [-0.39, 0.29) is 5.91 Å². The van der Waals surface area contributed by atoms with Crippen molar-refractivity contribution >= 4 is 22.9 Å². The van der Waals surface area contributed by atoms with Gasteiger partial charge in [-0.3, -0.25) is 9.59 Å². The fraction of sp³-hybridized carbons (Fsp3) is 0.308. The zero-order chi connectivity index (χ0) is 14.0. The van der Waals surface area contributed by atoms with Crippen molar-refractivity contribution in [1.29, 1.82) is 0 Å². The maximum absolute atomic E-state index is 12.0. The van der Waals surface area contributed by atoms with Crippen molar-refractivity contribution in [2.45, 2.75) is 25.9 Å². The molecule has 1 heterocycles. The molecule has 0 aliphatic heterocycles. The molecule has 0 bridgehead atoms. The van der Waals surface area contributed by atoms with Crippen LogP contribution in [-0.4, -0.2) is 32.6 Å². The van der Waals surface area contributed by atoms with E-state index in [1.165, 1.54) is 6.92 Å². The minimum atomic E-state index is -1.06. The van der Waals surface area contributed by atoms with Crippen LogP contribution in [0.3, 0.4) is 0 Å². The molecule has 0 aliphatic rings. The van der Waals surface area contributed by atoms with E-state index in [9.17, 15) is 9.59 Å². The largest absolute Gasteiger partial charge is 0.480 e. The highest BCUT2D eigenvalue weighted by Crippen LogP contribution is 2.17. The summed E-state index contributed by atoms with van der Waals surface area (Å²) in [6, 6.07) is 6.03. The molecule has 0 spiro atoms. The summed E-state index contributed by atoms with van der Waals surface area (Å²) in [6.45, 7) is 3.14. The normalized spacial score (nSPS) is 14.0.